The predicted octanol–water partition coefficient (Wildman–Crippen LogP) is 4.10. The van der Waals surface area contributed by atoms with Crippen molar-refractivity contribution in [3.8, 4) is 0 Å². The summed E-state index contributed by atoms with van der Waals surface area (Å²) in [6.07, 6.45) is 3.27. The quantitative estimate of drug-likeness (QED) is 0.877. The summed E-state index contributed by atoms with van der Waals surface area (Å²) in [4.78, 5) is 13.2. The lowest BCUT2D eigenvalue weighted by atomic mass is 9.92. The Morgan fingerprint density at radius 2 is 2.19 bits per heavy atom. The molecule has 112 valence electrons. The van der Waals surface area contributed by atoms with Gasteiger partial charge in [-0.05, 0) is 43.7 Å². The largest absolute Gasteiger partial charge is 0.397 e. The highest BCUT2D eigenvalue weighted by molar-refractivity contribution is 7.21. The van der Waals surface area contributed by atoms with Gasteiger partial charge in [0.05, 0.1) is 5.69 Å². The number of hydrogen-bond acceptors (Lipinski definition) is 3. The van der Waals surface area contributed by atoms with E-state index in [2.05, 4.69) is 31.3 Å². The summed E-state index contributed by atoms with van der Waals surface area (Å²) in [6.45, 7) is 6.56. The fourth-order valence-corrected chi connectivity index (χ4v) is 4.22. The zero-order valence-corrected chi connectivity index (χ0v) is 13.6. The van der Waals surface area contributed by atoms with E-state index in [0.717, 1.165) is 28.5 Å². The first-order valence-corrected chi connectivity index (χ1v) is 8.27. The molecule has 0 radical (unpaired) electrons. The molecule has 1 fully saturated rings. The van der Waals surface area contributed by atoms with Crippen LogP contribution in [-0.4, -0.2) is 11.9 Å². The van der Waals surface area contributed by atoms with Crippen LogP contribution >= 0.6 is 11.3 Å². The number of nitrogens with two attached hydrogens (primary N) is 1. The van der Waals surface area contributed by atoms with Crippen LogP contribution in [0.2, 0.25) is 0 Å². The van der Waals surface area contributed by atoms with E-state index in [1.54, 1.807) is 0 Å². The van der Waals surface area contributed by atoms with Crippen molar-refractivity contribution in [1.29, 1.82) is 0 Å². The van der Waals surface area contributed by atoms with Gasteiger partial charge in [-0.3, -0.25) is 4.79 Å². The first-order valence-electron chi connectivity index (χ1n) is 7.45. The third-order valence-electron chi connectivity index (χ3n) is 4.39. The average Bonchev–Trinajstić information content (AvgIpc) is 2.90. The molecule has 1 unspecified atom stereocenters. The van der Waals surface area contributed by atoms with E-state index in [9.17, 15) is 4.79 Å². The van der Waals surface area contributed by atoms with Gasteiger partial charge < -0.3 is 11.1 Å². The molecule has 3 rings (SSSR count). The number of benzene rings is 1. The maximum absolute atomic E-state index is 12.5. The molecule has 0 spiro atoms. The van der Waals surface area contributed by atoms with Crippen molar-refractivity contribution in [2.24, 2.45) is 5.41 Å². The third-order valence-corrected chi connectivity index (χ3v) is 5.58. The van der Waals surface area contributed by atoms with Crippen molar-refractivity contribution in [2.75, 3.05) is 5.73 Å². The van der Waals surface area contributed by atoms with Gasteiger partial charge in [0.1, 0.15) is 4.88 Å². The third kappa shape index (κ3) is 2.77. The monoisotopic (exact) mass is 302 g/mol. The van der Waals surface area contributed by atoms with Gasteiger partial charge in [0.2, 0.25) is 0 Å². The van der Waals surface area contributed by atoms with E-state index in [1.807, 2.05) is 13.0 Å². The Hall–Kier alpha value is -1.55. The topological polar surface area (TPSA) is 55.1 Å². The van der Waals surface area contributed by atoms with Crippen LogP contribution in [0.15, 0.2) is 18.2 Å². The molecule has 1 saturated carbocycles. The Labute approximate surface area is 129 Å². The van der Waals surface area contributed by atoms with Gasteiger partial charge in [-0.15, -0.1) is 11.3 Å². The standard InChI is InChI=1S/C17H22N2OS/c1-10-4-5-13-12(8-10)14(18)15(21-13)16(20)19-11-6-7-17(2,3)9-11/h4-5,8,11H,6-7,9,18H2,1-3H3,(H,19,20). The second-order valence-electron chi connectivity index (χ2n) is 6.92. The van der Waals surface area contributed by atoms with Crippen LogP contribution in [0.5, 0.6) is 0 Å². The second kappa shape index (κ2) is 5.02. The van der Waals surface area contributed by atoms with E-state index in [0.29, 0.717) is 16.0 Å². The van der Waals surface area contributed by atoms with Crippen LogP contribution in [-0.2, 0) is 0 Å². The smallest absolute Gasteiger partial charge is 0.263 e. The molecule has 2 aromatic rings. The summed E-state index contributed by atoms with van der Waals surface area (Å²) in [6, 6.07) is 6.43. The van der Waals surface area contributed by atoms with Gasteiger partial charge in [-0.25, -0.2) is 0 Å². The first kappa shape index (κ1) is 14.4. The van der Waals surface area contributed by atoms with Crippen LogP contribution in [0.1, 0.15) is 48.3 Å². The SMILES string of the molecule is Cc1ccc2sc(C(=O)NC3CCC(C)(C)C3)c(N)c2c1. The fourth-order valence-electron chi connectivity index (χ4n) is 3.21. The van der Waals surface area contributed by atoms with Crippen molar-refractivity contribution in [3.63, 3.8) is 0 Å². The lowest BCUT2D eigenvalue weighted by Crippen LogP contribution is -2.33. The summed E-state index contributed by atoms with van der Waals surface area (Å²) < 4.78 is 1.08. The minimum atomic E-state index is -0.0194. The number of fused-ring (bicyclic) bond motifs is 1. The number of nitrogens with one attached hydrogen (secondary N) is 1. The minimum Gasteiger partial charge on any atom is -0.397 e. The molecule has 3 nitrogen and oxygen atoms in total. The normalized spacial score (nSPS) is 20.8. The van der Waals surface area contributed by atoms with E-state index in [4.69, 9.17) is 5.73 Å². The molecule has 1 amide bonds. The maximum Gasteiger partial charge on any atom is 0.263 e. The van der Waals surface area contributed by atoms with Crippen molar-refractivity contribution in [1.82, 2.24) is 5.32 Å². The van der Waals surface area contributed by atoms with Crippen LogP contribution in [0.25, 0.3) is 10.1 Å². The highest BCUT2D eigenvalue weighted by atomic mass is 32.1. The van der Waals surface area contributed by atoms with Crippen LogP contribution in [0.4, 0.5) is 5.69 Å². The molecule has 0 saturated heterocycles. The Morgan fingerprint density at radius 3 is 2.86 bits per heavy atom. The van der Waals surface area contributed by atoms with Crippen molar-refractivity contribution >= 4 is 33.0 Å². The van der Waals surface area contributed by atoms with Gasteiger partial charge in [-0.1, -0.05) is 25.5 Å². The van der Waals surface area contributed by atoms with E-state index >= 15 is 0 Å². The van der Waals surface area contributed by atoms with Crippen molar-refractivity contribution < 1.29 is 4.79 Å². The summed E-state index contributed by atoms with van der Waals surface area (Å²) in [5.74, 6) is -0.0194. The molecule has 21 heavy (non-hydrogen) atoms. The van der Waals surface area contributed by atoms with Gasteiger partial charge in [0, 0.05) is 16.1 Å². The molecule has 0 aliphatic heterocycles. The molecule has 1 heterocycles. The van der Waals surface area contributed by atoms with Crippen LogP contribution in [0.3, 0.4) is 0 Å². The Kier molecular flexibility index (Phi) is 3.44. The number of nitrogen functional groups attached to an aromatic ring is 1. The lowest BCUT2D eigenvalue weighted by molar-refractivity contribution is 0.0941. The summed E-state index contributed by atoms with van der Waals surface area (Å²) in [7, 11) is 0. The highest BCUT2D eigenvalue weighted by Gasteiger charge is 2.32. The van der Waals surface area contributed by atoms with E-state index in [1.165, 1.54) is 17.8 Å². The van der Waals surface area contributed by atoms with Crippen molar-refractivity contribution in [3.05, 3.63) is 28.6 Å². The fraction of sp³-hybridized carbons (Fsp3) is 0.471. The zero-order valence-electron chi connectivity index (χ0n) is 12.8. The first-order chi connectivity index (χ1) is 9.85. The van der Waals surface area contributed by atoms with Crippen molar-refractivity contribution in [2.45, 2.75) is 46.1 Å². The van der Waals surface area contributed by atoms with Gasteiger partial charge in [0.25, 0.3) is 5.91 Å². The summed E-state index contributed by atoms with van der Waals surface area (Å²) in [5, 5.41) is 4.16. The van der Waals surface area contributed by atoms with Gasteiger partial charge >= 0.3 is 0 Å². The molecule has 1 aliphatic carbocycles. The van der Waals surface area contributed by atoms with E-state index in [-0.39, 0.29) is 11.9 Å². The second-order valence-corrected chi connectivity index (χ2v) is 7.97. The minimum absolute atomic E-state index is 0.0194. The molecule has 1 aromatic heterocycles. The van der Waals surface area contributed by atoms with E-state index < -0.39 is 0 Å². The molecule has 1 aromatic carbocycles. The molecule has 1 atom stereocenters. The number of amides is 1. The molecule has 4 heteroatoms. The predicted molar refractivity (Wildman–Crippen MR) is 89.9 cm³/mol. The number of carbonyl (C=O) groups excluding carboxylic acids is 1. The van der Waals surface area contributed by atoms with Crippen LogP contribution < -0.4 is 11.1 Å². The number of thiophene rings is 1. The summed E-state index contributed by atoms with van der Waals surface area (Å²) in [5.41, 5.74) is 8.30. The lowest BCUT2D eigenvalue weighted by Gasteiger charge is -2.17. The molecule has 0 bridgehead atoms. The number of hydrogen-bond donors (Lipinski definition) is 2. The highest BCUT2D eigenvalue weighted by Crippen LogP contribution is 2.38. The van der Waals surface area contributed by atoms with Crippen LogP contribution in [0, 0.1) is 12.3 Å². The molecular weight excluding hydrogens is 280 g/mol. The zero-order chi connectivity index (χ0) is 15.2. The molecule has 1 aliphatic rings. The summed E-state index contributed by atoms with van der Waals surface area (Å²) >= 11 is 1.49. The van der Waals surface area contributed by atoms with Gasteiger partial charge in [-0.2, -0.15) is 0 Å². The molecule has 3 N–H and O–H groups in total. The average molecular weight is 302 g/mol. The van der Waals surface area contributed by atoms with Gasteiger partial charge in [0.15, 0.2) is 0 Å². The number of rotatable bonds is 2. The maximum atomic E-state index is 12.5. The number of anilines is 1. The number of aryl methyl sites for hydroxylation is 1. The Morgan fingerprint density at radius 1 is 1.43 bits per heavy atom. The Bertz CT molecular complexity index is 702. The Balaban J connectivity index is 1.83. The molecular formula is C17H22N2OS. The number of carbonyl (C=O) groups is 1.